The maximum atomic E-state index is 13.0. The third-order valence-electron chi connectivity index (χ3n) is 3.98. The maximum Gasteiger partial charge on any atom is 0.323 e. The molecule has 0 amide bonds. The molecule has 24 heavy (non-hydrogen) atoms. The predicted molar refractivity (Wildman–Crippen MR) is 89.7 cm³/mol. The van der Waals surface area contributed by atoms with Gasteiger partial charge in [0.1, 0.15) is 12.4 Å². The van der Waals surface area contributed by atoms with Crippen LogP contribution in [0.3, 0.4) is 0 Å². The zero-order valence-corrected chi connectivity index (χ0v) is 12.9. The van der Waals surface area contributed by atoms with E-state index in [0.717, 1.165) is 5.56 Å². The monoisotopic (exact) mass is 325 g/mol. The first-order valence-electron chi connectivity index (χ1n) is 7.62. The number of carbonyl (C=O) groups is 1. The molecule has 1 N–H and O–H groups in total. The summed E-state index contributed by atoms with van der Waals surface area (Å²) in [6, 6.07) is 14.6. The second-order valence-corrected chi connectivity index (χ2v) is 5.62. The van der Waals surface area contributed by atoms with Crippen molar-refractivity contribution in [1.82, 2.24) is 4.57 Å². The Morgan fingerprint density at radius 3 is 2.46 bits per heavy atom. The number of hydrogen-bond donors (Lipinski definition) is 1. The van der Waals surface area contributed by atoms with Crippen molar-refractivity contribution >= 4 is 16.9 Å². The van der Waals surface area contributed by atoms with Crippen LogP contribution >= 0.6 is 0 Å². The van der Waals surface area contributed by atoms with Crippen molar-refractivity contribution in [2.75, 3.05) is 0 Å². The lowest BCUT2D eigenvalue weighted by Crippen LogP contribution is -2.19. The molecular formula is C19H16FNO3. The fraction of sp³-hybridized carbons (Fsp3) is 0.158. The lowest BCUT2D eigenvalue weighted by Gasteiger charge is -2.15. The molecule has 0 saturated heterocycles. The highest BCUT2D eigenvalue weighted by Gasteiger charge is 2.11. The average molecular weight is 325 g/mol. The summed E-state index contributed by atoms with van der Waals surface area (Å²) in [6.07, 6.45) is 1.09. The summed E-state index contributed by atoms with van der Waals surface area (Å²) in [5.41, 5.74) is 2.08. The molecule has 0 bridgehead atoms. The zero-order valence-electron chi connectivity index (χ0n) is 12.9. The molecule has 0 aliphatic heterocycles. The van der Waals surface area contributed by atoms with E-state index in [1.54, 1.807) is 41.0 Å². The Morgan fingerprint density at radius 2 is 1.75 bits per heavy atom. The number of rotatable bonds is 5. The van der Waals surface area contributed by atoms with Crippen molar-refractivity contribution in [1.29, 1.82) is 0 Å². The lowest BCUT2D eigenvalue weighted by atomic mass is 10.1. The van der Waals surface area contributed by atoms with Gasteiger partial charge in [0, 0.05) is 17.1 Å². The van der Waals surface area contributed by atoms with Crippen molar-refractivity contribution < 1.29 is 14.3 Å². The van der Waals surface area contributed by atoms with Gasteiger partial charge in [0.25, 0.3) is 0 Å². The number of benzene rings is 2. The number of aromatic nitrogens is 1. The summed E-state index contributed by atoms with van der Waals surface area (Å²) in [5.74, 6) is -1.26. The maximum absolute atomic E-state index is 13.0. The molecule has 4 nitrogen and oxygen atoms in total. The van der Waals surface area contributed by atoms with Crippen molar-refractivity contribution in [2.45, 2.75) is 19.4 Å². The zero-order chi connectivity index (χ0) is 17.1. The van der Waals surface area contributed by atoms with E-state index >= 15 is 0 Å². The number of carboxylic acids is 1. The smallest absolute Gasteiger partial charge is 0.323 e. The minimum absolute atomic E-state index is 0.124. The molecular weight excluding hydrogens is 309 g/mol. The first-order valence-corrected chi connectivity index (χ1v) is 7.62. The number of fused-ring (bicyclic) bond motifs is 1. The Balaban J connectivity index is 2.00. The standard InChI is InChI=1S/C19H16FNO3/c20-14-8-5-13(6-9-14)7-10-15-11-18(22)16-3-1-2-4-17(16)21(15)12-19(23)24/h1-6,8-9,11H,7,10,12H2,(H,23,24). The van der Waals surface area contributed by atoms with Crippen LogP contribution in [0, 0.1) is 5.82 Å². The van der Waals surface area contributed by atoms with Crippen molar-refractivity contribution in [3.63, 3.8) is 0 Å². The average Bonchev–Trinajstić information content (AvgIpc) is 2.57. The Kier molecular flexibility index (Phi) is 4.42. The Bertz CT molecular complexity index is 945. The Hall–Kier alpha value is -2.95. The van der Waals surface area contributed by atoms with Gasteiger partial charge in [-0.3, -0.25) is 9.59 Å². The van der Waals surface area contributed by atoms with Crippen molar-refractivity contribution in [3.8, 4) is 0 Å². The largest absolute Gasteiger partial charge is 0.480 e. The summed E-state index contributed by atoms with van der Waals surface area (Å²) in [7, 11) is 0. The molecule has 3 rings (SSSR count). The van der Waals surface area contributed by atoms with Gasteiger partial charge in [0.05, 0.1) is 5.52 Å². The van der Waals surface area contributed by atoms with Crippen LogP contribution in [0.5, 0.6) is 0 Å². The van der Waals surface area contributed by atoms with Crippen LogP contribution in [-0.4, -0.2) is 15.6 Å². The van der Waals surface area contributed by atoms with Gasteiger partial charge >= 0.3 is 5.97 Å². The Morgan fingerprint density at radius 1 is 1.04 bits per heavy atom. The van der Waals surface area contributed by atoms with Gasteiger partial charge in [0.15, 0.2) is 5.43 Å². The SMILES string of the molecule is O=C(O)Cn1c(CCc2ccc(F)cc2)cc(=O)c2ccccc21. The molecule has 0 spiro atoms. The fourth-order valence-corrected chi connectivity index (χ4v) is 2.83. The molecule has 122 valence electrons. The highest BCUT2D eigenvalue weighted by Crippen LogP contribution is 2.15. The van der Waals surface area contributed by atoms with Gasteiger partial charge in [-0.05, 0) is 42.7 Å². The van der Waals surface area contributed by atoms with E-state index < -0.39 is 5.97 Å². The molecule has 1 heterocycles. The van der Waals surface area contributed by atoms with Gasteiger partial charge in [-0.15, -0.1) is 0 Å². The fourth-order valence-electron chi connectivity index (χ4n) is 2.83. The van der Waals surface area contributed by atoms with Crippen molar-refractivity contribution in [3.05, 3.63) is 81.9 Å². The van der Waals surface area contributed by atoms with E-state index in [2.05, 4.69) is 0 Å². The molecule has 0 atom stereocenters. The predicted octanol–water partition coefficient (Wildman–Crippen LogP) is 3.01. The molecule has 5 heteroatoms. The van der Waals surface area contributed by atoms with Crippen molar-refractivity contribution in [2.24, 2.45) is 0 Å². The molecule has 0 aliphatic rings. The number of para-hydroxylation sites is 1. The topological polar surface area (TPSA) is 59.3 Å². The van der Waals surface area contributed by atoms with Gasteiger partial charge in [-0.2, -0.15) is 0 Å². The van der Waals surface area contributed by atoms with E-state index in [4.69, 9.17) is 0 Å². The van der Waals surface area contributed by atoms with Gasteiger partial charge < -0.3 is 9.67 Å². The van der Waals surface area contributed by atoms with E-state index in [1.807, 2.05) is 0 Å². The summed E-state index contributed by atoms with van der Waals surface area (Å²) < 4.78 is 14.6. The van der Waals surface area contributed by atoms with E-state index in [9.17, 15) is 19.1 Å². The molecule has 1 aromatic heterocycles. The van der Waals surface area contributed by atoms with E-state index in [-0.39, 0.29) is 17.8 Å². The normalized spacial score (nSPS) is 10.9. The molecule has 3 aromatic rings. The quantitative estimate of drug-likeness (QED) is 0.784. The number of nitrogens with zero attached hydrogens (tertiary/aromatic N) is 1. The highest BCUT2D eigenvalue weighted by molar-refractivity contribution is 5.81. The van der Waals surface area contributed by atoms with Gasteiger partial charge in [-0.1, -0.05) is 24.3 Å². The number of aliphatic carboxylic acids is 1. The van der Waals surface area contributed by atoms with Crippen LogP contribution in [0.4, 0.5) is 4.39 Å². The molecule has 0 fully saturated rings. The second-order valence-electron chi connectivity index (χ2n) is 5.62. The molecule has 0 radical (unpaired) electrons. The van der Waals surface area contributed by atoms with Gasteiger partial charge in [-0.25, -0.2) is 4.39 Å². The number of hydrogen-bond acceptors (Lipinski definition) is 2. The van der Waals surface area contributed by atoms with Gasteiger partial charge in [0.2, 0.25) is 0 Å². The highest BCUT2D eigenvalue weighted by atomic mass is 19.1. The molecule has 0 aliphatic carbocycles. The van der Waals surface area contributed by atoms with Crippen LogP contribution in [-0.2, 0) is 24.2 Å². The first kappa shape index (κ1) is 15.9. The first-order chi connectivity index (χ1) is 11.5. The third-order valence-corrected chi connectivity index (χ3v) is 3.98. The third kappa shape index (κ3) is 3.35. The van der Waals surface area contributed by atoms with E-state index in [0.29, 0.717) is 29.4 Å². The van der Waals surface area contributed by atoms with Crippen LogP contribution in [0.25, 0.3) is 10.9 Å². The lowest BCUT2D eigenvalue weighted by molar-refractivity contribution is -0.137. The van der Waals surface area contributed by atoms with E-state index in [1.165, 1.54) is 18.2 Å². The van der Waals surface area contributed by atoms with Crippen LogP contribution in [0.15, 0.2) is 59.4 Å². The summed E-state index contributed by atoms with van der Waals surface area (Å²) >= 11 is 0. The minimum Gasteiger partial charge on any atom is -0.480 e. The summed E-state index contributed by atoms with van der Waals surface area (Å²) in [5, 5.41) is 9.70. The van der Waals surface area contributed by atoms with Crippen LogP contribution in [0.1, 0.15) is 11.3 Å². The Labute approximate surface area is 137 Å². The summed E-state index contributed by atoms with van der Waals surface area (Å²) in [4.78, 5) is 23.5. The molecule has 0 saturated carbocycles. The van der Waals surface area contributed by atoms with Crippen LogP contribution in [0.2, 0.25) is 0 Å². The number of pyridine rings is 1. The molecule has 2 aromatic carbocycles. The molecule has 0 unspecified atom stereocenters. The minimum atomic E-state index is -0.966. The number of carboxylic acid groups (broad SMARTS) is 1. The van der Waals surface area contributed by atoms with Crippen LogP contribution < -0.4 is 5.43 Å². The number of aryl methyl sites for hydroxylation is 2. The number of halogens is 1. The second kappa shape index (κ2) is 6.66. The summed E-state index contributed by atoms with van der Waals surface area (Å²) in [6.45, 7) is -0.209.